The van der Waals surface area contributed by atoms with Gasteiger partial charge in [0.1, 0.15) is 12.7 Å². The van der Waals surface area contributed by atoms with Crippen molar-refractivity contribution in [3.8, 4) is 0 Å². The van der Waals surface area contributed by atoms with E-state index in [1.54, 1.807) is 12.2 Å². The molecule has 1 saturated heterocycles. The Hall–Kier alpha value is -2.21. The second kappa shape index (κ2) is 8.06. The molecule has 0 radical (unpaired) electrons. The molecule has 0 spiro atoms. The first-order valence-electron chi connectivity index (χ1n) is 8.02. The van der Waals surface area contributed by atoms with Gasteiger partial charge >= 0.3 is 11.9 Å². The quantitative estimate of drug-likeness (QED) is 0.402. The highest BCUT2D eigenvalue weighted by Crippen LogP contribution is 2.40. The van der Waals surface area contributed by atoms with Crippen LogP contribution in [0.25, 0.3) is 0 Å². The summed E-state index contributed by atoms with van der Waals surface area (Å²) in [6, 6.07) is 0. The standard InChI is InChI=1S/C18H22O6/c1-4-5-6-7-8-9-13-14(10-22-11(2)19)15(21)17-18(24-17)16(13)23-12(3)20/h6-9,16-18H,4-5,10H2,1-3H3/b7-6+,9-8+/t16-,17-,18+/m1/s1. The van der Waals surface area contributed by atoms with Gasteiger partial charge in [-0.1, -0.05) is 37.6 Å². The highest BCUT2D eigenvalue weighted by molar-refractivity contribution is 6.04. The SMILES string of the molecule is CCC/C=C/C=C/C1=C(COC(C)=O)C(=O)[C@H]2O[C@H]2[C@@H]1OC(C)=O. The molecule has 1 fully saturated rings. The van der Waals surface area contributed by atoms with Crippen LogP contribution in [-0.4, -0.2) is 42.6 Å². The van der Waals surface area contributed by atoms with E-state index in [0.29, 0.717) is 11.1 Å². The molecule has 2 rings (SSSR count). The van der Waals surface area contributed by atoms with E-state index in [-0.39, 0.29) is 12.4 Å². The Morgan fingerprint density at radius 3 is 2.58 bits per heavy atom. The maximum atomic E-state index is 12.4. The highest BCUT2D eigenvalue weighted by Gasteiger charge is 2.57. The fourth-order valence-corrected chi connectivity index (χ4v) is 2.56. The van der Waals surface area contributed by atoms with Crippen LogP contribution in [0.1, 0.15) is 33.6 Å². The van der Waals surface area contributed by atoms with Crippen molar-refractivity contribution in [2.45, 2.75) is 51.9 Å². The van der Waals surface area contributed by atoms with E-state index in [1.807, 2.05) is 12.2 Å². The van der Waals surface area contributed by atoms with Crippen molar-refractivity contribution in [2.24, 2.45) is 0 Å². The van der Waals surface area contributed by atoms with Gasteiger partial charge in [-0.05, 0) is 6.42 Å². The molecule has 1 aliphatic heterocycles. The molecule has 0 aromatic rings. The van der Waals surface area contributed by atoms with Crippen LogP contribution in [0.4, 0.5) is 0 Å². The van der Waals surface area contributed by atoms with Crippen LogP contribution in [-0.2, 0) is 28.6 Å². The van der Waals surface area contributed by atoms with Crippen LogP contribution in [0.5, 0.6) is 0 Å². The lowest BCUT2D eigenvalue weighted by atomic mass is 9.88. The Balaban J connectivity index is 2.29. The number of epoxide rings is 1. The molecule has 0 bridgehead atoms. The number of hydrogen-bond acceptors (Lipinski definition) is 6. The Morgan fingerprint density at radius 2 is 1.96 bits per heavy atom. The lowest BCUT2D eigenvalue weighted by molar-refractivity contribution is -0.146. The van der Waals surface area contributed by atoms with E-state index in [0.717, 1.165) is 12.8 Å². The summed E-state index contributed by atoms with van der Waals surface area (Å²) >= 11 is 0. The first-order chi connectivity index (χ1) is 11.5. The van der Waals surface area contributed by atoms with Crippen molar-refractivity contribution in [3.63, 3.8) is 0 Å². The Bertz CT molecular complexity index is 613. The number of allylic oxidation sites excluding steroid dienone is 3. The van der Waals surface area contributed by atoms with Crippen LogP contribution in [0.15, 0.2) is 35.5 Å². The molecule has 1 aliphatic carbocycles. The first-order valence-corrected chi connectivity index (χ1v) is 8.02. The van der Waals surface area contributed by atoms with Crippen molar-refractivity contribution in [3.05, 3.63) is 35.5 Å². The summed E-state index contributed by atoms with van der Waals surface area (Å²) in [7, 11) is 0. The molecular weight excluding hydrogens is 312 g/mol. The third-order valence-electron chi connectivity index (χ3n) is 3.73. The van der Waals surface area contributed by atoms with Crippen LogP contribution in [0.2, 0.25) is 0 Å². The molecule has 0 N–H and O–H groups in total. The third-order valence-corrected chi connectivity index (χ3v) is 3.73. The van der Waals surface area contributed by atoms with Gasteiger partial charge < -0.3 is 14.2 Å². The Labute approximate surface area is 141 Å². The molecule has 3 atom stereocenters. The molecule has 0 amide bonds. The molecule has 6 heteroatoms. The molecule has 1 heterocycles. The average molecular weight is 334 g/mol. The molecule has 0 aromatic carbocycles. The van der Waals surface area contributed by atoms with Gasteiger partial charge in [-0.3, -0.25) is 14.4 Å². The zero-order valence-electron chi connectivity index (χ0n) is 14.1. The summed E-state index contributed by atoms with van der Waals surface area (Å²) in [5, 5.41) is 0. The fourth-order valence-electron chi connectivity index (χ4n) is 2.56. The van der Waals surface area contributed by atoms with Crippen LogP contribution in [0, 0.1) is 0 Å². The number of carbonyl (C=O) groups excluding carboxylic acids is 3. The van der Waals surface area contributed by atoms with Gasteiger partial charge in [0.05, 0.1) is 0 Å². The summed E-state index contributed by atoms with van der Waals surface area (Å²) < 4.78 is 15.7. The summed E-state index contributed by atoms with van der Waals surface area (Å²) in [5.74, 6) is -1.16. The number of Topliss-reactive ketones (excluding diaryl/α,β-unsaturated/α-hetero) is 1. The van der Waals surface area contributed by atoms with Gasteiger partial charge in [0.25, 0.3) is 0 Å². The topological polar surface area (TPSA) is 82.2 Å². The monoisotopic (exact) mass is 334 g/mol. The summed E-state index contributed by atoms with van der Waals surface area (Å²) in [4.78, 5) is 34.9. The molecule has 130 valence electrons. The van der Waals surface area contributed by atoms with Crippen LogP contribution in [0.3, 0.4) is 0 Å². The number of hydrogen-bond donors (Lipinski definition) is 0. The number of ether oxygens (including phenoxy) is 3. The zero-order valence-corrected chi connectivity index (χ0v) is 14.1. The molecule has 6 nitrogen and oxygen atoms in total. The molecule has 2 aliphatic rings. The summed E-state index contributed by atoms with van der Waals surface area (Å²) in [6.45, 7) is 4.50. The number of esters is 2. The average Bonchev–Trinajstić information content (AvgIpc) is 3.30. The van der Waals surface area contributed by atoms with Crippen molar-refractivity contribution >= 4 is 17.7 Å². The van der Waals surface area contributed by atoms with Gasteiger partial charge in [0.2, 0.25) is 0 Å². The Morgan fingerprint density at radius 1 is 1.21 bits per heavy atom. The molecule has 24 heavy (non-hydrogen) atoms. The second-order valence-corrected chi connectivity index (χ2v) is 5.71. The predicted molar refractivity (Wildman–Crippen MR) is 86.1 cm³/mol. The van der Waals surface area contributed by atoms with Crippen molar-refractivity contribution in [1.82, 2.24) is 0 Å². The van der Waals surface area contributed by atoms with Gasteiger partial charge in [0.15, 0.2) is 18.0 Å². The van der Waals surface area contributed by atoms with Gasteiger partial charge in [0, 0.05) is 25.0 Å². The minimum absolute atomic E-state index is 0.156. The van der Waals surface area contributed by atoms with E-state index >= 15 is 0 Å². The first kappa shape index (κ1) is 18.1. The maximum Gasteiger partial charge on any atom is 0.303 e. The normalized spacial score (nSPS) is 26.0. The fraction of sp³-hybridized carbons (Fsp3) is 0.500. The van der Waals surface area contributed by atoms with Crippen molar-refractivity contribution in [2.75, 3.05) is 6.61 Å². The van der Waals surface area contributed by atoms with Gasteiger partial charge in [-0.25, -0.2) is 0 Å². The summed E-state index contributed by atoms with van der Waals surface area (Å²) in [5.41, 5.74) is 0.840. The predicted octanol–water partition coefficient (Wildman–Crippen LogP) is 2.04. The minimum Gasteiger partial charge on any atom is -0.461 e. The smallest absolute Gasteiger partial charge is 0.303 e. The van der Waals surface area contributed by atoms with E-state index in [9.17, 15) is 14.4 Å². The second-order valence-electron chi connectivity index (χ2n) is 5.71. The maximum absolute atomic E-state index is 12.4. The van der Waals surface area contributed by atoms with Crippen molar-refractivity contribution in [1.29, 1.82) is 0 Å². The summed E-state index contributed by atoms with van der Waals surface area (Å²) in [6.07, 6.45) is 7.63. The number of carbonyl (C=O) groups is 3. The molecular formula is C18H22O6. The van der Waals surface area contributed by atoms with E-state index < -0.39 is 30.3 Å². The van der Waals surface area contributed by atoms with E-state index in [4.69, 9.17) is 14.2 Å². The van der Waals surface area contributed by atoms with E-state index in [2.05, 4.69) is 6.92 Å². The lowest BCUT2D eigenvalue weighted by Gasteiger charge is -2.23. The van der Waals surface area contributed by atoms with Gasteiger partial charge in [-0.2, -0.15) is 0 Å². The highest BCUT2D eigenvalue weighted by atomic mass is 16.6. The number of unbranched alkanes of at least 4 members (excludes halogenated alkanes) is 1. The lowest BCUT2D eigenvalue weighted by Crippen LogP contribution is -2.35. The number of rotatable bonds is 7. The minimum atomic E-state index is -0.661. The number of fused-ring (bicyclic) bond motifs is 1. The Kier molecular flexibility index (Phi) is 6.09. The van der Waals surface area contributed by atoms with Crippen LogP contribution < -0.4 is 0 Å². The molecule has 0 saturated carbocycles. The third kappa shape index (κ3) is 4.41. The molecule has 0 aromatic heterocycles. The van der Waals surface area contributed by atoms with E-state index in [1.165, 1.54) is 13.8 Å². The zero-order chi connectivity index (χ0) is 17.7. The largest absolute Gasteiger partial charge is 0.461 e. The molecule has 0 unspecified atom stereocenters. The van der Waals surface area contributed by atoms with Gasteiger partial charge in [-0.15, -0.1) is 0 Å². The van der Waals surface area contributed by atoms with Crippen molar-refractivity contribution < 1.29 is 28.6 Å². The van der Waals surface area contributed by atoms with Crippen LogP contribution >= 0.6 is 0 Å². The number of ketones is 1.